The smallest absolute Gasteiger partial charge is 0.303 e. The summed E-state index contributed by atoms with van der Waals surface area (Å²) in [5.74, 6) is -1.13. The molecule has 0 saturated heterocycles. The van der Waals surface area contributed by atoms with Crippen molar-refractivity contribution in [3.8, 4) is 0 Å². The van der Waals surface area contributed by atoms with Crippen LogP contribution < -0.4 is 5.32 Å². The lowest BCUT2D eigenvalue weighted by molar-refractivity contribution is -0.138. The van der Waals surface area contributed by atoms with E-state index in [2.05, 4.69) is 5.32 Å². The molecule has 1 aromatic carbocycles. The molecule has 0 aliphatic heterocycles. The Morgan fingerprint density at radius 3 is 2.15 bits per heavy atom. The van der Waals surface area contributed by atoms with Gasteiger partial charge in [0.1, 0.15) is 0 Å². The molecule has 0 aliphatic rings. The van der Waals surface area contributed by atoms with Gasteiger partial charge in [0, 0.05) is 12.8 Å². The van der Waals surface area contributed by atoms with Crippen LogP contribution in [0, 0.1) is 5.92 Å². The Morgan fingerprint density at radius 1 is 1.10 bits per heavy atom. The molecule has 1 aromatic rings. The molecule has 0 fully saturated rings. The number of amides is 1. The summed E-state index contributed by atoms with van der Waals surface area (Å²) in [5, 5.41) is 11.5. The second-order valence-electron chi connectivity index (χ2n) is 4.61. The molecular weight excluding hydrogens is 254 g/mol. The summed E-state index contributed by atoms with van der Waals surface area (Å²) in [6.07, 6.45) is 0.261. The zero-order chi connectivity index (χ0) is 15.5. The van der Waals surface area contributed by atoms with Crippen molar-refractivity contribution >= 4 is 11.9 Å². The molecule has 0 radical (unpaired) electrons. The molecule has 0 aromatic heterocycles. The highest BCUT2D eigenvalue weighted by atomic mass is 16.4. The van der Waals surface area contributed by atoms with Crippen molar-refractivity contribution in [3.05, 3.63) is 35.9 Å². The second-order valence-corrected chi connectivity index (χ2v) is 4.61. The minimum Gasteiger partial charge on any atom is -0.481 e. The number of hydrogen-bond donors (Lipinski definition) is 2. The van der Waals surface area contributed by atoms with E-state index in [-0.39, 0.29) is 30.7 Å². The first-order chi connectivity index (χ1) is 9.49. The van der Waals surface area contributed by atoms with Gasteiger partial charge in [-0.15, -0.1) is 0 Å². The lowest BCUT2D eigenvalue weighted by Gasteiger charge is -2.15. The fourth-order valence-corrected chi connectivity index (χ4v) is 1.81. The van der Waals surface area contributed by atoms with Gasteiger partial charge in [-0.05, 0) is 18.4 Å². The quantitative estimate of drug-likeness (QED) is 0.838. The van der Waals surface area contributed by atoms with Crippen LogP contribution in [0.2, 0.25) is 0 Å². The van der Waals surface area contributed by atoms with E-state index < -0.39 is 5.97 Å². The van der Waals surface area contributed by atoms with Crippen molar-refractivity contribution in [3.63, 3.8) is 0 Å². The minimum absolute atomic E-state index is 0.0210. The number of carboxylic acids is 1. The molecule has 2 atom stereocenters. The number of carbonyl (C=O) groups is 2. The third-order valence-electron chi connectivity index (χ3n) is 2.73. The summed E-state index contributed by atoms with van der Waals surface area (Å²) in [6.45, 7) is 7.68. The van der Waals surface area contributed by atoms with E-state index in [0.717, 1.165) is 5.56 Å². The second kappa shape index (κ2) is 10.0. The summed E-state index contributed by atoms with van der Waals surface area (Å²) >= 11 is 0. The first-order valence-corrected chi connectivity index (χ1v) is 7.05. The molecule has 0 heterocycles. The molecule has 4 heteroatoms. The number of rotatable bonds is 6. The molecule has 0 unspecified atom stereocenters. The van der Waals surface area contributed by atoms with Crippen LogP contribution in [0.4, 0.5) is 0 Å². The standard InChI is InChI=1S/C14H19NO3.C2H6/c1-10(9-14(17)18)8-13(16)15-11(2)12-6-4-3-5-7-12;1-2/h3-7,10-11H,8-9H2,1-2H3,(H,15,16)(H,17,18);1-2H3/t10-,11+;/m1./s1. The van der Waals surface area contributed by atoms with Crippen molar-refractivity contribution in [1.82, 2.24) is 5.32 Å². The summed E-state index contributed by atoms with van der Waals surface area (Å²) in [4.78, 5) is 22.2. The van der Waals surface area contributed by atoms with Gasteiger partial charge in [0.15, 0.2) is 0 Å². The summed E-state index contributed by atoms with van der Waals surface area (Å²) in [5.41, 5.74) is 1.04. The number of benzene rings is 1. The third kappa shape index (κ3) is 7.56. The van der Waals surface area contributed by atoms with Crippen LogP contribution in [0.3, 0.4) is 0 Å². The molecule has 0 bridgehead atoms. The Balaban J connectivity index is 0.00000172. The largest absolute Gasteiger partial charge is 0.481 e. The Bertz CT molecular complexity index is 403. The number of carbonyl (C=O) groups excluding carboxylic acids is 1. The van der Waals surface area contributed by atoms with Crippen molar-refractivity contribution in [2.75, 3.05) is 0 Å². The molecule has 1 rings (SSSR count). The van der Waals surface area contributed by atoms with Crippen LogP contribution in [0.25, 0.3) is 0 Å². The fraction of sp³-hybridized carbons (Fsp3) is 0.500. The number of aliphatic carboxylic acids is 1. The average Bonchev–Trinajstić information content (AvgIpc) is 2.40. The van der Waals surface area contributed by atoms with Crippen molar-refractivity contribution in [2.45, 2.75) is 46.6 Å². The van der Waals surface area contributed by atoms with Gasteiger partial charge >= 0.3 is 5.97 Å². The van der Waals surface area contributed by atoms with Crippen LogP contribution in [0.15, 0.2) is 30.3 Å². The van der Waals surface area contributed by atoms with Gasteiger partial charge < -0.3 is 10.4 Å². The lowest BCUT2D eigenvalue weighted by atomic mass is 10.0. The first kappa shape index (κ1) is 18.2. The van der Waals surface area contributed by atoms with Crippen molar-refractivity contribution in [2.24, 2.45) is 5.92 Å². The Labute approximate surface area is 121 Å². The number of carboxylic acid groups (broad SMARTS) is 1. The van der Waals surface area contributed by atoms with Gasteiger partial charge in [0.05, 0.1) is 6.04 Å². The van der Waals surface area contributed by atoms with Gasteiger partial charge in [-0.25, -0.2) is 0 Å². The van der Waals surface area contributed by atoms with E-state index >= 15 is 0 Å². The Morgan fingerprint density at radius 2 is 1.65 bits per heavy atom. The fourth-order valence-electron chi connectivity index (χ4n) is 1.81. The molecule has 0 saturated carbocycles. The third-order valence-corrected chi connectivity index (χ3v) is 2.73. The monoisotopic (exact) mass is 279 g/mol. The molecular formula is C16H25NO3. The van der Waals surface area contributed by atoms with E-state index in [9.17, 15) is 9.59 Å². The van der Waals surface area contributed by atoms with Gasteiger partial charge in [-0.1, -0.05) is 51.1 Å². The highest BCUT2D eigenvalue weighted by molar-refractivity contribution is 5.77. The Kier molecular flexibility index (Phi) is 9.09. The highest BCUT2D eigenvalue weighted by Gasteiger charge is 2.14. The van der Waals surface area contributed by atoms with Crippen LogP contribution >= 0.6 is 0 Å². The van der Waals surface area contributed by atoms with Crippen molar-refractivity contribution in [1.29, 1.82) is 0 Å². The molecule has 0 aliphatic carbocycles. The van der Waals surface area contributed by atoms with Gasteiger partial charge in [-0.3, -0.25) is 9.59 Å². The molecule has 2 N–H and O–H groups in total. The predicted octanol–water partition coefficient (Wildman–Crippen LogP) is 3.39. The van der Waals surface area contributed by atoms with Crippen LogP contribution in [-0.4, -0.2) is 17.0 Å². The number of hydrogen-bond acceptors (Lipinski definition) is 2. The maximum absolute atomic E-state index is 11.7. The van der Waals surface area contributed by atoms with E-state index in [1.54, 1.807) is 6.92 Å². The van der Waals surface area contributed by atoms with Crippen LogP contribution in [-0.2, 0) is 9.59 Å². The summed E-state index contributed by atoms with van der Waals surface area (Å²) in [6, 6.07) is 9.61. The first-order valence-electron chi connectivity index (χ1n) is 7.05. The molecule has 1 amide bonds. The maximum Gasteiger partial charge on any atom is 0.303 e. The zero-order valence-corrected chi connectivity index (χ0v) is 12.7. The normalized spacial score (nSPS) is 12.6. The number of nitrogens with one attached hydrogen (secondary N) is 1. The molecule has 0 spiro atoms. The molecule has 20 heavy (non-hydrogen) atoms. The van der Waals surface area contributed by atoms with Gasteiger partial charge in [0.2, 0.25) is 5.91 Å². The SMILES string of the molecule is CC.C[C@@H](CC(=O)O)CC(=O)N[C@@H](C)c1ccccc1. The Hall–Kier alpha value is -1.84. The highest BCUT2D eigenvalue weighted by Crippen LogP contribution is 2.13. The molecule has 112 valence electrons. The minimum atomic E-state index is -0.869. The topological polar surface area (TPSA) is 66.4 Å². The van der Waals surface area contributed by atoms with Crippen LogP contribution in [0.5, 0.6) is 0 Å². The van der Waals surface area contributed by atoms with Crippen LogP contribution in [0.1, 0.15) is 52.1 Å². The van der Waals surface area contributed by atoms with E-state index in [1.165, 1.54) is 0 Å². The zero-order valence-electron chi connectivity index (χ0n) is 12.7. The predicted molar refractivity (Wildman–Crippen MR) is 80.4 cm³/mol. The van der Waals surface area contributed by atoms with Gasteiger partial charge in [0.25, 0.3) is 0 Å². The van der Waals surface area contributed by atoms with E-state index in [0.29, 0.717) is 0 Å². The van der Waals surface area contributed by atoms with E-state index in [1.807, 2.05) is 51.1 Å². The summed E-state index contributed by atoms with van der Waals surface area (Å²) < 4.78 is 0. The van der Waals surface area contributed by atoms with Gasteiger partial charge in [-0.2, -0.15) is 0 Å². The summed E-state index contributed by atoms with van der Waals surface area (Å²) in [7, 11) is 0. The lowest BCUT2D eigenvalue weighted by Crippen LogP contribution is -2.28. The molecule has 4 nitrogen and oxygen atoms in total. The average molecular weight is 279 g/mol. The maximum atomic E-state index is 11.7. The van der Waals surface area contributed by atoms with E-state index in [4.69, 9.17) is 5.11 Å². The van der Waals surface area contributed by atoms with Crippen molar-refractivity contribution < 1.29 is 14.7 Å².